The van der Waals surface area contributed by atoms with Gasteiger partial charge >= 0.3 is 0 Å². The number of aryl methyl sites for hydroxylation is 1. The average Bonchev–Trinajstić information content (AvgIpc) is 2.80. The van der Waals surface area contributed by atoms with Crippen molar-refractivity contribution in [1.29, 1.82) is 0 Å². The van der Waals surface area contributed by atoms with Crippen LogP contribution >= 0.6 is 0 Å². The number of unbranched alkanes of at least 4 members (excludes halogenated alkanes) is 4. The molecular weight excluding hydrogens is 386 g/mol. The maximum Gasteiger partial charge on any atom is 0.159 e. The molecule has 0 amide bonds. The van der Waals surface area contributed by atoms with Gasteiger partial charge in [-0.15, -0.1) is 0 Å². The highest BCUT2D eigenvalue weighted by molar-refractivity contribution is 5.19. The molecule has 174 valence electrons. The highest BCUT2D eigenvalue weighted by Crippen LogP contribution is 2.37. The van der Waals surface area contributed by atoms with E-state index in [9.17, 15) is 8.78 Å². The maximum absolute atomic E-state index is 13.4. The molecule has 0 bridgehead atoms. The van der Waals surface area contributed by atoms with Crippen LogP contribution in [-0.2, 0) is 6.42 Å². The van der Waals surface area contributed by atoms with Gasteiger partial charge in [0, 0.05) is 0 Å². The van der Waals surface area contributed by atoms with Gasteiger partial charge in [0.05, 0.1) is 0 Å². The third-order valence-corrected chi connectivity index (χ3v) is 8.00. The molecule has 0 spiro atoms. The van der Waals surface area contributed by atoms with Gasteiger partial charge in [-0.05, 0) is 74.0 Å². The van der Waals surface area contributed by atoms with Gasteiger partial charge in [0.15, 0.2) is 11.6 Å². The first-order valence-electron chi connectivity index (χ1n) is 13.3. The largest absolute Gasteiger partial charge is 0.204 e. The number of hydrogen-bond donors (Lipinski definition) is 0. The van der Waals surface area contributed by atoms with Crippen molar-refractivity contribution in [3.8, 4) is 0 Å². The third-order valence-electron chi connectivity index (χ3n) is 8.00. The van der Waals surface area contributed by atoms with E-state index in [-0.39, 0.29) is 0 Å². The zero-order valence-electron chi connectivity index (χ0n) is 19.8. The van der Waals surface area contributed by atoms with Gasteiger partial charge in [0.1, 0.15) is 0 Å². The van der Waals surface area contributed by atoms with Crippen LogP contribution in [0.5, 0.6) is 0 Å². The van der Waals surface area contributed by atoms with Crippen LogP contribution in [0.1, 0.15) is 115 Å². The minimum atomic E-state index is -0.751. The Morgan fingerprint density at radius 3 is 2.13 bits per heavy atom. The first-order chi connectivity index (χ1) is 15.1. The number of rotatable bonds is 12. The van der Waals surface area contributed by atoms with Crippen molar-refractivity contribution in [2.45, 2.75) is 116 Å². The van der Waals surface area contributed by atoms with E-state index in [0.717, 1.165) is 36.2 Å². The van der Waals surface area contributed by atoms with Gasteiger partial charge in [0.2, 0.25) is 0 Å². The summed E-state index contributed by atoms with van der Waals surface area (Å²) in [5.41, 5.74) is 2.42. The summed E-state index contributed by atoms with van der Waals surface area (Å²) in [4.78, 5) is 0. The molecule has 0 aromatic heterocycles. The fraction of sp³-hybridized carbons (Fsp3) is 0.724. The van der Waals surface area contributed by atoms with Gasteiger partial charge in [-0.2, -0.15) is 0 Å². The molecule has 0 radical (unpaired) electrons. The summed E-state index contributed by atoms with van der Waals surface area (Å²) in [7, 11) is 0. The van der Waals surface area contributed by atoms with E-state index in [1.807, 2.05) is 0 Å². The molecular formula is C29H44F2. The highest BCUT2D eigenvalue weighted by atomic mass is 19.2. The van der Waals surface area contributed by atoms with Crippen molar-refractivity contribution >= 4 is 0 Å². The monoisotopic (exact) mass is 430 g/mol. The van der Waals surface area contributed by atoms with Crippen LogP contribution in [0.3, 0.4) is 0 Å². The Morgan fingerprint density at radius 1 is 0.742 bits per heavy atom. The summed E-state index contributed by atoms with van der Waals surface area (Å²) in [6.07, 6.45) is 25.3. The SMILES string of the molecule is CCCCCCC[C@H]1CC[C@H](CCC2CC=C(CCc3ccc(F)c(F)c3)CC2)CC1. The Kier molecular flexibility index (Phi) is 10.6. The van der Waals surface area contributed by atoms with Crippen LogP contribution in [0, 0.1) is 29.4 Å². The molecule has 0 aliphatic heterocycles. The average molecular weight is 431 g/mol. The quantitative estimate of drug-likeness (QED) is 0.229. The minimum absolute atomic E-state index is 0.726. The molecule has 3 rings (SSSR count). The van der Waals surface area contributed by atoms with E-state index in [2.05, 4.69) is 13.0 Å². The Morgan fingerprint density at radius 2 is 1.45 bits per heavy atom. The van der Waals surface area contributed by atoms with E-state index in [1.54, 1.807) is 6.07 Å². The van der Waals surface area contributed by atoms with E-state index in [1.165, 1.54) is 114 Å². The van der Waals surface area contributed by atoms with E-state index in [4.69, 9.17) is 0 Å². The fourth-order valence-electron chi connectivity index (χ4n) is 5.75. The summed E-state index contributed by atoms with van der Waals surface area (Å²) >= 11 is 0. The minimum Gasteiger partial charge on any atom is -0.204 e. The zero-order chi connectivity index (χ0) is 21.9. The Balaban J connectivity index is 1.26. The van der Waals surface area contributed by atoms with Crippen molar-refractivity contribution in [2.75, 3.05) is 0 Å². The van der Waals surface area contributed by atoms with Crippen molar-refractivity contribution in [2.24, 2.45) is 17.8 Å². The van der Waals surface area contributed by atoms with Crippen molar-refractivity contribution < 1.29 is 8.78 Å². The molecule has 1 fully saturated rings. The molecule has 0 nitrogen and oxygen atoms in total. The summed E-state index contributed by atoms with van der Waals surface area (Å²) in [6, 6.07) is 4.31. The first kappa shape index (κ1) is 24.5. The van der Waals surface area contributed by atoms with Crippen molar-refractivity contribution in [1.82, 2.24) is 0 Å². The lowest BCUT2D eigenvalue weighted by molar-refractivity contribution is 0.234. The number of hydrogen-bond acceptors (Lipinski definition) is 0. The highest BCUT2D eigenvalue weighted by Gasteiger charge is 2.22. The second kappa shape index (κ2) is 13.4. The Bertz CT molecular complexity index is 669. The number of allylic oxidation sites excluding steroid dienone is 2. The summed E-state index contributed by atoms with van der Waals surface area (Å²) in [5.74, 6) is 1.39. The summed E-state index contributed by atoms with van der Waals surface area (Å²) < 4.78 is 26.4. The smallest absolute Gasteiger partial charge is 0.159 e. The lowest BCUT2D eigenvalue weighted by Crippen LogP contribution is -2.16. The maximum atomic E-state index is 13.4. The Labute approximate surface area is 189 Å². The van der Waals surface area contributed by atoms with Crippen LogP contribution in [-0.4, -0.2) is 0 Å². The zero-order valence-corrected chi connectivity index (χ0v) is 19.8. The van der Waals surface area contributed by atoms with Crippen LogP contribution in [0.25, 0.3) is 0 Å². The van der Waals surface area contributed by atoms with Gasteiger partial charge in [-0.25, -0.2) is 8.78 Å². The summed E-state index contributed by atoms with van der Waals surface area (Å²) in [5, 5.41) is 0. The number of halogens is 2. The van der Waals surface area contributed by atoms with Gasteiger partial charge in [-0.1, -0.05) is 95.3 Å². The number of benzene rings is 1. The topological polar surface area (TPSA) is 0 Å². The predicted octanol–water partition coefficient (Wildman–Crippen LogP) is 9.57. The van der Waals surface area contributed by atoms with Crippen molar-refractivity contribution in [3.63, 3.8) is 0 Å². The van der Waals surface area contributed by atoms with Crippen LogP contribution < -0.4 is 0 Å². The molecule has 2 aliphatic carbocycles. The van der Waals surface area contributed by atoms with Crippen LogP contribution in [0.15, 0.2) is 29.8 Å². The molecule has 1 saturated carbocycles. The predicted molar refractivity (Wildman–Crippen MR) is 128 cm³/mol. The summed E-state index contributed by atoms with van der Waals surface area (Å²) in [6.45, 7) is 2.29. The molecule has 1 atom stereocenters. The normalized spacial score (nSPS) is 24.2. The van der Waals surface area contributed by atoms with Gasteiger partial charge in [0.25, 0.3) is 0 Å². The first-order valence-corrected chi connectivity index (χ1v) is 13.3. The molecule has 1 aromatic rings. The lowest BCUT2D eigenvalue weighted by Gasteiger charge is -2.30. The fourth-order valence-corrected chi connectivity index (χ4v) is 5.75. The van der Waals surface area contributed by atoms with E-state index >= 15 is 0 Å². The van der Waals surface area contributed by atoms with Gasteiger partial charge < -0.3 is 0 Å². The van der Waals surface area contributed by atoms with Gasteiger partial charge in [-0.3, -0.25) is 0 Å². The second-order valence-corrected chi connectivity index (χ2v) is 10.4. The second-order valence-electron chi connectivity index (χ2n) is 10.4. The molecule has 0 heterocycles. The molecule has 1 aromatic carbocycles. The van der Waals surface area contributed by atoms with E-state index in [0.29, 0.717) is 0 Å². The molecule has 2 heteroatoms. The molecule has 0 N–H and O–H groups in total. The van der Waals surface area contributed by atoms with E-state index < -0.39 is 11.6 Å². The van der Waals surface area contributed by atoms with Crippen LogP contribution in [0.4, 0.5) is 8.78 Å². The van der Waals surface area contributed by atoms with Crippen molar-refractivity contribution in [3.05, 3.63) is 47.0 Å². The molecule has 0 saturated heterocycles. The lowest BCUT2D eigenvalue weighted by atomic mass is 9.76. The standard InChI is InChI=1S/C29H44F2/c1-2-3-4-5-6-7-23-8-10-24(11-9-23)12-13-25-14-16-26(17-15-25)18-19-27-20-21-28(30)29(31)22-27/h16,20-25H,2-15,17-19H2,1H3/t23-,24-,25?. The van der Waals surface area contributed by atoms with Crippen LogP contribution in [0.2, 0.25) is 0 Å². The molecule has 2 aliphatic rings. The Hall–Kier alpha value is -1.18. The third kappa shape index (κ3) is 8.70. The molecule has 31 heavy (non-hydrogen) atoms. The molecule has 1 unspecified atom stereocenters.